The minimum Gasteiger partial charge on any atom is -0.383 e. The zero-order chi connectivity index (χ0) is 15.7. The Kier molecular flexibility index (Phi) is 4.15. The molecule has 3 fully saturated rings. The highest BCUT2D eigenvalue weighted by Gasteiger charge is 2.41. The molecule has 3 saturated heterocycles. The Balaban J connectivity index is 1.85. The SMILES string of the molecule is COCCN1C(=O)[C@H]2CC[C@@H]1CN(c1nc(N)ncc1C)C2. The number of ether oxygens (including phenoxy) is 1. The van der Waals surface area contributed by atoms with Gasteiger partial charge >= 0.3 is 0 Å². The van der Waals surface area contributed by atoms with Crippen LogP contribution in [0.4, 0.5) is 11.8 Å². The summed E-state index contributed by atoms with van der Waals surface area (Å²) < 4.78 is 5.14. The van der Waals surface area contributed by atoms with Crippen molar-refractivity contribution in [1.82, 2.24) is 14.9 Å². The number of fused-ring (bicyclic) bond motifs is 4. The molecule has 2 atom stereocenters. The number of nitrogens with two attached hydrogens (primary N) is 1. The number of hydrogen-bond acceptors (Lipinski definition) is 6. The Morgan fingerprint density at radius 3 is 3.00 bits per heavy atom. The molecule has 120 valence electrons. The van der Waals surface area contributed by atoms with Crippen LogP contribution in [0.2, 0.25) is 0 Å². The van der Waals surface area contributed by atoms with Gasteiger partial charge in [0, 0.05) is 44.5 Å². The zero-order valence-corrected chi connectivity index (χ0v) is 13.2. The number of carbonyl (C=O) groups excluding carboxylic acids is 1. The monoisotopic (exact) mass is 305 g/mol. The summed E-state index contributed by atoms with van der Waals surface area (Å²) in [7, 11) is 1.67. The van der Waals surface area contributed by atoms with Crippen molar-refractivity contribution in [3.63, 3.8) is 0 Å². The second kappa shape index (κ2) is 6.08. The van der Waals surface area contributed by atoms with Crippen LogP contribution in [0.3, 0.4) is 0 Å². The van der Waals surface area contributed by atoms with E-state index in [1.807, 2.05) is 11.8 Å². The summed E-state index contributed by atoms with van der Waals surface area (Å²) in [5, 5.41) is 0. The van der Waals surface area contributed by atoms with Gasteiger partial charge in [0.15, 0.2) is 0 Å². The first-order chi connectivity index (χ1) is 10.6. The highest BCUT2D eigenvalue weighted by molar-refractivity contribution is 5.81. The normalized spacial score (nSPS) is 24.7. The van der Waals surface area contributed by atoms with Gasteiger partial charge in [-0.1, -0.05) is 0 Å². The van der Waals surface area contributed by atoms with Crippen LogP contribution >= 0.6 is 0 Å². The Hall–Kier alpha value is -1.89. The minimum absolute atomic E-state index is 0.0335. The van der Waals surface area contributed by atoms with Crippen LogP contribution in [0.15, 0.2) is 6.20 Å². The topological polar surface area (TPSA) is 84.6 Å². The summed E-state index contributed by atoms with van der Waals surface area (Å²) in [4.78, 5) is 25.2. The molecule has 0 radical (unpaired) electrons. The maximum atomic E-state index is 12.6. The summed E-state index contributed by atoms with van der Waals surface area (Å²) in [6.45, 7) is 4.72. The van der Waals surface area contributed by atoms with Crippen LogP contribution in [0.5, 0.6) is 0 Å². The number of nitrogens with zero attached hydrogens (tertiary/aromatic N) is 4. The van der Waals surface area contributed by atoms with Crippen molar-refractivity contribution in [1.29, 1.82) is 0 Å². The first-order valence-electron chi connectivity index (χ1n) is 7.73. The van der Waals surface area contributed by atoms with Crippen LogP contribution in [0.25, 0.3) is 0 Å². The van der Waals surface area contributed by atoms with Crippen LogP contribution in [0.1, 0.15) is 18.4 Å². The Morgan fingerprint density at radius 1 is 1.41 bits per heavy atom. The van der Waals surface area contributed by atoms with E-state index in [-0.39, 0.29) is 23.8 Å². The highest BCUT2D eigenvalue weighted by Crippen LogP contribution is 2.32. The molecule has 1 aromatic rings. The molecule has 2 bridgehead atoms. The van der Waals surface area contributed by atoms with E-state index < -0.39 is 0 Å². The molecule has 0 aliphatic carbocycles. The first kappa shape index (κ1) is 15.0. The number of carbonyl (C=O) groups is 1. The van der Waals surface area contributed by atoms with E-state index in [9.17, 15) is 4.79 Å². The minimum atomic E-state index is 0.0335. The van der Waals surface area contributed by atoms with Crippen molar-refractivity contribution in [3.8, 4) is 0 Å². The molecule has 7 heteroatoms. The predicted molar refractivity (Wildman–Crippen MR) is 83.5 cm³/mol. The van der Waals surface area contributed by atoms with Crippen LogP contribution < -0.4 is 10.6 Å². The molecule has 4 heterocycles. The number of piperidine rings is 1. The van der Waals surface area contributed by atoms with Crippen molar-refractivity contribution < 1.29 is 9.53 Å². The number of methoxy groups -OCH3 is 1. The lowest BCUT2D eigenvalue weighted by Crippen LogP contribution is -2.49. The van der Waals surface area contributed by atoms with Gasteiger partial charge in [0.2, 0.25) is 11.9 Å². The molecule has 2 N–H and O–H groups in total. The summed E-state index contributed by atoms with van der Waals surface area (Å²) >= 11 is 0. The average Bonchev–Trinajstić information content (AvgIpc) is 2.79. The van der Waals surface area contributed by atoms with E-state index in [4.69, 9.17) is 10.5 Å². The van der Waals surface area contributed by atoms with Gasteiger partial charge in [-0.2, -0.15) is 4.98 Å². The number of aryl methyl sites for hydroxylation is 1. The second-order valence-electron chi connectivity index (χ2n) is 6.09. The highest BCUT2D eigenvalue weighted by atomic mass is 16.5. The lowest BCUT2D eigenvalue weighted by atomic mass is 9.94. The third-order valence-electron chi connectivity index (χ3n) is 4.59. The maximum absolute atomic E-state index is 12.6. The van der Waals surface area contributed by atoms with Gasteiger partial charge in [-0.25, -0.2) is 4.98 Å². The molecular weight excluding hydrogens is 282 g/mol. The average molecular weight is 305 g/mol. The molecule has 0 aromatic carbocycles. The lowest BCUT2D eigenvalue weighted by Gasteiger charge is -2.35. The molecule has 4 rings (SSSR count). The fourth-order valence-corrected chi connectivity index (χ4v) is 3.46. The molecule has 3 aliphatic rings. The van der Waals surface area contributed by atoms with Gasteiger partial charge in [0.1, 0.15) is 5.82 Å². The molecule has 0 spiro atoms. The summed E-state index contributed by atoms with van der Waals surface area (Å²) in [5.74, 6) is 1.41. The zero-order valence-electron chi connectivity index (χ0n) is 13.2. The van der Waals surface area contributed by atoms with Gasteiger partial charge in [0.05, 0.1) is 12.5 Å². The van der Waals surface area contributed by atoms with Gasteiger partial charge in [0.25, 0.3) is 0 Å². The van der Waals surface area contributed by atoms with E-state index in [0.717, 1.165) is 30.8 Å². The molecule has 0 saturated carbocycles. The van der Waals surface area contributed by atoms with Gasteiger partial charge in [-0.3, -0.25) is 4.79 Å². The summed E-state index contributed by atoms with van der Waals surface area (Å²) in [6.07, 6.45) is 3.73. The van der Waals surface area contributed by atoms with E-state index in [2.05, 4.69) is 14.9 Å². The third kappa shape index (κ3) is 2.72. The van der Waals surface area contributed by atoms with Crippen molar-refractivity contribution >= 4 is 17.7 Å². The van der Waals surface area contributed by atoms with Crippen molar-refractivity contribution in [2.75, 3.05) is 44.0 Å². The van der Waals surface area contributed by atoms with Crippen LogP contribution in [-0.4, -0.2) is 60.2 Å². The fourth-order valence-electron chi connectivity index (χ4n) is 3.46. The van der Waals surface area contributed by atoms with Crippen molar-refractivity contribution in [3.05, 3.63) is 11.8 Å². The molecule has 1 amide bonds. The largest absolute Gasteiger partial charge is 0.383 e. The molecule has 1 aromatic heterocycles. The molecule has 3 aliphatic heterocycles. The predicted octanol–water partition coefficient (Wildman–Crippen LogP) is 0.441. The van der Waals surface area contributed by atoms with Crippen LogP contribution in [0, 0.1) is 12.8 Å². The first-order valence-corrected chi connectivity index (χ1v) is 7.73. The Labute approximate surface area is 130 Å². The van der Waals surface area contributed by atoms with E-state index in [1.54, 1.807) is 13.3 Å². The molecule has 7 nitrogen and oxygen atoms in total. The van der Waals surface area contributed by atoms with E-state index in [0.29, 0.717) is 19.7 Å². The molecule has 0 unspecified atom stereocenters. The van der Waals surface area contributed by atoms with Gasteiger partial charge in [-0.05, 0) is 19.8 Å². The fraction of sp³-hybridized carbons (Fsp3) is 0.667. The number of hydrogen-bond donors (Lipinski definition) is 1. The van der Waals surface area contributed by atoms with Crippen LogP contribution in [-0.2, 0) is 9.53 Å². The van der Waals surface area contributed by atoms with Crippen molar-refractivity contribution in [2.24, 2.45) is 5.92 Å². The third-order valence-corrected chi connectivity index (χ3v) is 4.59. The number of anilines is 2. The number of aromatic nitrogens is 2. The van der Waals surface area contributed by atoms with Crippen molar-refractivity contribution in [2.45, 2.75) is 25.8 Å². The smallest absolute Gasteiger partial charge is 0.227 e. The summed E-state index contributed by atoms with van der Waals surface area (Å²) in [6, 6.07) is 0.219. The Morgan fingerprint density at radius 2 is 2.23 bits per heavy atom. The number of amides is 1. The number of rotatable bonds is 4. The molecule has 22 heavy (non-hydrogen) atoms. The number of nitrogen functional groups attached to an aromatic ring is 1. The quantitative estimate of drug-likeness (QED) is 0.869. The lowest BCUT2D eigenvalue weighted by molar-refractivity contribution is -0.140. The van der Waals surface area contributed by atoms with Gasteiger partial charge in [-0.15, -0.1) is 0 Å². The second-order valence-corrected chi connectivity index (χ2v) is 6.09. The standard InChI is InChI=1S/C15H23N5O2/c1-10-7-17-15(16)18-13(10)19-8-11-3-4-12(9-19)20(14(11)21)5-6-22-2/h7,11-12H,3-6,8-9H2,1-2H3,(H2,16,17,18)/t11-,12+/m0/s1. The van der Waals surface area contributed by atoms with E-state index in [1.165, 1.54) is 0 Å². The maximum Gasteiger partial charge on any atom is 0.227 e. The van der Waals surface area contributed by atoms with Gasteiger partial charge < -0.3 is 20.3 Å². The molecular formula is C15H23N5O2. The summed E-state index contributed by atoms with van der Waals surface area (Å²) in [5.41, 5.74) is 6.73. The Bertz CT molecular complexity index is 565. The van der Waals surface area contributed by atoms with E-state index >= 15 is 0 Å².